The van der Waals surface area contributed by atoms with Crippen molar-refractivity contribution in [2.24, 2.45) is 0 Å². The standard InChI is InChI=1S/C9H17IN3O5/c1-5(10-11-2)12-9(18)13-6(8(16)17)3-4-7(14)15/h5-6,11H,3-4H2,1-2H3,(H,14,15)(H,16,17)(H2,12,13,18)/q-1. The van der Waals surface area contributed by atoms with Crippen molar-refractivity contribution >= 4 is 18.0 Å². The quantitative estimate of drug-likeness (QED) is 0.128. The molecule has 2 atom stereocenters. The molecular weight excluding hydrogens is 357 g/mol. The average Bonchev–Trinajstić information content (AvgIpc) is 2.23. The van der Waals surface area contributed by atoms with Gasteiger partial charge in [-0.3, -0.25) is 0 Å². The SMILES string of the molecule is CN[I-]C(C)NC(=O)NC(CCC(=O)O)C(=O)O. The zero-order chi connectivity index (χ0) is 14.1. The summed E-state index contributed by atoms with van der Waals surface area (Å²) >= 11 is -0.392. The fourth-order valence-electron chi connectivity index (χ4n) is 1.10. The van der Waals surface area contributed by atoms with Crippen LogP contribution in [0.15, 0.2) is 0 Å². The summed E-state index contributed by atoms with van der Waals surface area (Å²) < 4.78 is 2.91. The number of urea groups is 1. The number of carboxylic acids is 2. The predicted molar refractivity (Wildman–Crippen MR) is 58.5 cm³/mol. The number of hydrogen-bond acceptors (Lipinski definition) is 4. The van der Waals surface area contributed by atoms with E-state index in [2.05, 4.69) is 14.2 Å². The van der Waals surface area contributed by atoms with Gasteiger partial charge >= 0.3 is 115 Å². The topological polar surface area (TPSA) is 128 Å². The molecule has 0 saturated carbocycles. The first-order valence-electron chi connectivity index (χ1n) is 5.17. The summed E-state index contributed by atoms with van der Waals surface area (Å²) in [7, 11) is 1.77. The van der Waals surface area contributed by atoms with Gasteiger partial charge < -0.3 is 0 Å². The van der Waals surface area contributed by atoms with E-state index in [0.29, 0.717) is 0 Å². The number of amides is 2. The molecule has 2 amide bonds. The van der Waals surface area contributed by atoms with Gasteiger partial charge in [0, 0.05) is 0 Å². The molecule has 0 heterocycles. The normalized spacial score (nSPS) is 13.7. The molecule has 0 rings (SSSR count). The molecule has 0 aliphatic heterocycles. The average molecular weight is 374 g/mol. The third-order valence-electron chi connectivity index (χ3n) is 1.85. The molecule has 9 heteroatoms. The van der Waals surface area contributed by atoms with Crippen LogP contribution in [-0.2, 0) is 9.59 Å². The molecule has 0 radical (unpaired) electrons. The molecule has 106 valence electrons. The molecule has 8 nitrogen and oxygen atoms in total. The Labute approximate surface area is 115 Å². The summed E-state index contributed by atoms with van der Waals surface area (Å²) in [6.07, 6.45) is -0.455. The van der Waals surface area contributed by atoms with Crippen LogP contribution in [0.5, 0.6) is 0 Å². The van der Waals surface area contributed by atoms with Crippen molar-refractivity contribution in [2.75, 3.05) is 7.05 Å². The Kier molecular flexibility index (Phi) is 8.37. The first-order valence-corrected chi connectivity index (χ1v) is 7.50. The van der Waals surface area contributed by atoms with E-state index in [0.717, 1.165) is 0 Å². The Balaban J connectivity index is 4.19. The number of carboxylic acid groups (broad SMARTS) is 2. The van der Waals surface area contributed by atoms with Crippen LogP contribution in [0.25, 0.3) is 0 Å². The molecule has 18 heavy (non-hydrogen) atoms. The summed E-state index contributed by atoms with van der Waals surface area (Å²) in [6.45, 7) is 1.80. The Morgan fingerprint density at radius 3 is 2.28 bits per heavy atom. The van der Waals surface area contributed by atoms with Crippen molar-refractivity contribution in [3.05, 3.63) is 0 Å². The van der Waals surface area contributed by atoms with Gasteiger partial charge in [-0.1, -0.05) is 0 Å². The monoisotopic (exact) mass is 374 g/mol. The van der Waals surface area contributed by atoms with Crippen molar-refractivity contribution in [3.8, 4) is 0 Å². The van der Waals surface area contributed by atoms with E-state index in [9.17, 15) is 14.4 Å². The van der Waals surface area contributed by atoms with Crippen LogP contribution in [-0.4, -0.2) is 45.3 Å². The molecule has 0 aromatic carbocycles. The molecule has 0 saturated heterocycles. The van der Waals surface area contributed by atoms with E-state index in [1.165, 1.54) is 0 Å². The van der Waals surface area contributed by atoms with Gasteiger partial charge in [-0.15, -0.1) is 0 Å². The Morgan fingerprint density at radius 2 is 1.83 bits per heavy atom. The van der Waals surface area contributed by atoms with Crippen LogP contribution in [0.4, 0.5) is 4.79 Å². The zero-order valence-electron chi connectivity index (χ0n) is 10.1. The van der Waals surface area contributed by atoms with E-state index in [-0.39, 0.29) is 16.9 Å². The van der Waals surface area contributed by atoms with Gasteiger partial charge in [-0.05, 0) is 0 Å². The third-order valence-corrected chi connectivity index (χ3v) is 3.72. The van der Waals surface area contributed by atoms with Crippen LogP contribution in [0.1, 0.15) is 19.8 Å². The molecule has 0 fully saturated rings. The number of aliphatic carboxylic acids is 2. The van der Waals surface area contributed by atoms with E-state index in [1.54, 1.807) is 14.0 Å². The minimum atomic E-state index is -1.25. The fraction of sp³-hybridized carbons (Fsp3) is 0.667. The molecule has 0 aliphatic carbocycles. The van der Waals surface area contributed by atoms with Crippen LogP contribution in [0, 0.1) is 0 Å². The van der Waals surface area contributed by atoms with Crippen LogP contribution in [0.3, 0.4) is 0 Å². The Bertz CT molecular complexity index is 313. The Morgan fingerprint density at radius 1 is 1.22 bits per heavy atom. The van der Waals surface area contributed by atoms with Crippen LogP contribution < -0.4 is 35.6 Å². The first kappa shape index (κ1) is 16.9. The molecule has 5 N–H and O–H groups in total. The predicted octanol–water partition coefficient (Wildman–Crippen LogP) is -3.83. The zero-order valence-corrected chi connectivity index (χ0v) is 12.2. The fourth-order valence-corrected chi connectivity index (χ4v) is 2.47. The Hall–Kier alpha value is -1.10. The van der Waals surface area contributed by atoms with Gasteiger partial charge in [0.1, 0.15) is 0 Å². The van der Waals surface area contributed by atoms with E-state index < -0.39 is 45.5 Å². The molecule has 0 aliphatic rings. The molecule has 0 bridgehead atoms. The third kappa shape index (κ3) is 8.06. The summed E-state index contributed by atoms with van der Waals surface area (Å²) in [5.41, 5.74) is 0. The number of nitrogens with one attached hydrogen (secondary N) is 3. The van der Waals surface area contributed by atoms with Crippen molar-refractivity contribution in [1.82, 2.24) is 14.2 Å². The van der Waals surface area contributed by atoms with Crippen LogP contribution >= 0.6 is 0 Å². The maximum absolute atomic E-state index is 11.4. The number of halogens is 1. The molecule has 0 aromatic heterocycles. The number of alkyl halides is 1. The molecule has 0 aromatic rings. The van der Waals surface area contributed by atoms with Gasteiger partial charge in [0.15, 0.2) is 0 Å². The first-order chi connectivity index (χ1) is 8.36. The summed E-state index contributed by atoms with van der Waals surface area (Å²) in [5.74, 6) is -2.35. The summed E-state index contributed by atoms with van der Waals surface area (Å²) in [4.78, 5) is 32.6. The van der Waals surface area contributed by atoms with Crippen molar-refractivity contribution in [2.45, 2.75) is 29.9 Å². The second-order valence-corrected chi connectivity index (χ2v) is 6.93. The second-order valence-electron chi connectivity index (χ2n) is 3.36. The maximum atomic E-state index is 11.4. The van der Waals surface area contributed by atoms with Crippen molar-refractivity contribution in [1.29, 1.82) is 0 Å². The number of hydrogen-bond donors (Lipinski definition) is 5. The number of carbonyl (C=O) groups is 3. The molecule has 2 unspecified atom stereocenters. The molecule has 0 spiro atoms. The van der Waals surface area contributed by atoms with Gasteiger partial charge in [0.25, 0.3) is 0 Å². The van der Waals surface area contributed by atoms with E-state index in [1.807, 2.05) is 0 Å². The van der Waals surface area contributed by atoms with E-state index in [4.69, 9.17) is 10.2 Å². The van der Waals surface area contributed by atoms with Crippen LogP contribution in [0.2, 0.25) is 0 Å². The minimum absolute atomic E-state index is 0.0530. The van der Waals surface area contributed by atoms with Gasteiger partial charge in [0.2, 0.25) is 0 Å². The number of carbonyl (C=O) groups excluding carboxylic acids is 1. The van der Waals surface area contributed by atoms with Gasteiger partial charge in [0.05, 0.1) is 0 Å². The van der Waals surface area contributed by atoms with E-state index >= 15 is 0 Å². The molecular formula is C9H17IN3O5-. The summed E-state index contributed by atoms with van der Waals surface area (Å²) in [5, 5.41) is 22.1. The second kappa shape index (κ2) is 8.91. The van der Waals surface area contributed by atoms with Gasteiger partial charge in [-0.2, -0.15) is 0 Å². The van der Waals surface area contributed by atoms with Gasteiger partial charge in [-0.25, -0.2) is 0 Å². The number of rotatable bonds is 8. The van der Waals surface area contributed by atoms with Crippen molar-refractivity contribution in [3.63, 3.8) is 0 Å². The van der Waals surface area contributed by atoms with Crippen molar-refractivity contribution < 1.29 is 46.1 Å². The summed E-state index contributed by atoms with van der Waals surface area (Å²) in [6, 6.07) is -1.80.